The predicted molar refractivity (Wildman–Crippen MR) is 78.8 cm³/mol. The van der Waals surface area contributed by atoms with Crippen LogP contribution in [0.5, 0.6) is 0 Å². The largest absolute Gasteiger partial charge is 0.325 e. The van der Waals surface area contributed by atoms with Crippen LogP contribution >= 0.6 is 11.6 Å². The monoisotopic (exact) mass is 299 g/mol. The van der Waals surface area contributed by atoms with Crippen molar-refractivity contribution in [3.63, 3.8) is 0 Å². The molecule has 1 heterocycles. The standard InChI is InChI=1S/C14H19ClFN3O/c1-9-7-13(11(15)8-12(9)16)18-14(20)19(2)10-3-5-17-6-4-10/h7-8,10,17H,3-6H2,1-2H3,(H,18,20). The minimum atomic E-state index is -0.375. The van der Waals surface area contributed by atoms with Gasteiger partial charge in [-0.15, -0.1) is 0 Å². The van der Waals surface area contributed by atoms with Gasteiger partial charge < -0.3 is 15.5 Å². The van der Waals surface area contributed by atoms with Gasteiger partial charge >= 0.3 is 6.03 Å². The first-order valence-corrected chi connectivity index (χ1v) is 7.07. The lowest BCUT2D eigenvalue weighted by atomic mass is 10.1. The van der Waals surface area contributed by atoms with Gasteiger partial charge in [-0.25, -0.2) is 9.18 Å². The minimum absolute atomic E-state index is 0.208. The highest BCUT2D eigenvalue weighted by molar-refractivity contribution is 6.33. The van der Waals surface area contributed by atoms with E-state index in [-0.39, 0.29) is 22.9 Å². The fourth-order valence-electron chi connectivity index (χ4n) is 2.32. The molecule has 2 rings (SSSR count). The molecule has 20 heavy (non-hydrogen) atoms. The van der Waals surface area contributed by atoms with Gasteiger partial charge in [0.2, 0.25) is 0 Å². The Balaban J connectivity index is 2.05. The lowest BCUT2D eigenvalue weighted by Crippen LogP contribution is -2.45. The first-order chi connectivity index (χ1) is 9.49. The number of anilines is 1. The first kappa shape index (κ1) is 15.1. The third-order valence-corrected chi connectivity index (χ3v) is 3.98. The summed E-state index contributed by atoms with van der Waals surface area (Å²) >= 11 is 5.95. The Labute approximate surface area is 123 Å². The number of rotatable bonds is 2. The zero-order valence-electron chi connectivity index (χ0n) is 11.7. The van der Waals surface area contributed by atoms with E-state index < -0.39 is 0 Å². The van der Waals surface area contributed by atoms with Crippen molar-refractivity contribution in [3.8, 4) is 0 Å². The smallest absolute Gasteiger partial charge is 0.321 e. The fraction of sp³-hybridized carbons (Fsp3) is 0.500. The van der Waals surface area contributed by atoms with Crippen molar-refractivity contribution in [3.05, 3.63) is 28.5 Å². The van der Waals surface area contributed by atoms with Crippen molar-refractivity contribution in [1.82, 2.24) is 10.2 Å². The number of halogens is 2. The lowest BCUT2D eigenvalue weighted by molar-refractivity contribution is 0.189. The van der Waals surface area contributed by atoms with Crippen LogP contribution in [0.4, 0.5) is 14.9 Å². The van der Waals surface area contributed by atoms with Crippen LogP contribution in [0, 0.1) is 12.7 Å². The quantitative estimate of drug-likeness (QED) is 0.882. The van der Waals surface area contributed by atoms with E-state index in [1.807, 2.05) is 0 Å². The summed E-state index contributed by atoms with van der Waals surface area (Å²) < 4.78 is 13.3. The SMILES string of the molecule is Cc1cc(NC(=O)N(C)C2CCNCC2)c(Cl)cc1F. The summed E-state index contributed by atoms with van der Waals surface area (Å²) in [7, 11) is 1.77. The molecule has 1 aliphatic rings. The second kappa shape index (κ2) is 6.41. The van der Waals surface area contributed by atoms with E-state index in [1.165, 1.54) is 6.07 Å². The zero-order chi connectivity index (χ0) is 14.7. The van der Waals surface area contributed by atoms with Crippen LogP contribution in [0.25, 0.3) is 0 Å². The van der Waals surface area contributed by atoms with Crippen molar-refractivity contribution in [2.75, 3.05) is 25.5 Å². The van der Waals surface area contributed by atoms with Crippen molar-refractivity contribution >= 4 is 23.3 Å². The van der Waals surface area contributed by atoms with Crippen molar-refractivity contribution in [2.45, 2.75) is 25.8 Å². The summed E-state index contributed by atoms with van der Waals surface area (Å²) in [6, 6.07) is 2.77. The number of hydrogen-bond acceptors (Lipinski definition) is 2. The molecule has 0 spiro atoms. The van der Waals surface area contributed by atoms with E-state index in [9.17, 15) is 9.18 Å². The van der Waals surface area contributed by atoms with Crippen LogP contribution in [0.15, 0.2) is 12.1 Å². The molecule has 1 saturated heterocycles. The van der Waals surface area contributed by atoms with Crippen LogP contribution in [0.3, 0.4) is 0 Å². The summed E-state index contributed by atoms with van der Waals surface area (Å²) in [5, 5.41) is 6.21. The maximum absolute atomic E-state index is 13.3. The third-order valence-electron chi connectivity index (χ3n) is 3.67. The number of aryl methyl sites for hydroxylation is 1. The van der Waals surface area contributed by atoms with E-state index in [2.05, 4.69) is 10.6 Å². The summed E-state index contributed by atoms with van der Waals surface area (Å²) in [6.45, 7) is 3.47. The molecule has 0 aromatic heterocycles. The molecule has 2 amide bonds. The molecular formula is C14H19ClFN3O. The molecule has 4 nitrogen and oxygen atoms in total. The Kier molecular flexibility index (Phi) is 4.83. The number of urea groups is 1. The van der Waals surface area contributed by atoms with Crippen LogP contribution in [0.2, 0.25) is 5.02 Å². The third kappa shape index (κ3) is 3.41. The van der Waals surface area contributed by atoms with E-state index >= 15 is 0 Å². The molecule has 1 fully saturated rings. The number of nitrogens with one attached hydrogen (secondary N) is 2. The Morgan fingerprint density at radius 3 is 2.75 bits per heavy atom. The molecule has 0 radical (unpaired) electrons. The lowest BCUT2D eigenvalue weighted by Gasteiger charge is -2.31. The van der Waals surface area contributed by atoms with Crippen LogP contribution in [0.1, 0.15) is 18.4 Å². The molecule has 0 atom stereocenters. The average molecular weight is 300 g/mol. The fourth-order valence-corrected chi connectivity index (χ4v) is 2.51. The normalized spacial score (nSPS) is 16.0. The highest BCUT2D eigenvalue weighted by Crippen LogP contribution is 2.25. The Morgan fingerprint density at radius 1 is 1.45 bits per heavy atom. The molecular weight excluding hydrogens is 281 g/mol. The molecule has 0 aliphatic carbocycles. The predicted octanol–water partition coefficient (Wildman–Crippen LogP) is 3.00. The number of benzene rings is 1. The number of hydrogen-bond donors (Lipinski definition) is 2. The number of amides is 2. The molecule has 1 aromatic rings. The van der Waals surface area contributed by atoms with Gasteiger partial charge in [-0.05, 0) is 50.6 Å². The molecule has 1 aliphatic heterocycles. The van der Waals surface area contributed by atoms with Gasteiger partial charge in [-0.1, -0.05) is 11.6 Å². The van der Waals surface area contributed by atoms with Gasteiger partial charge in [-0.3, -0.25) is 0 Å². The van der Waals surface area contributed by atoms with E-state index in [0.29, 0.717) is 11.3 Å². The summed E-state index contributed by atoms with van der Waals surface area (Å²) in [6.07, 6.45) is 1.86. The Bertz CT molecular complexity index is 503. The number of carbonyl (C=O) groups is 1. The van der Waals surface area contributed by atoms with Gasteiger partial charge in [0.25, 0.3) is 0 Å². The van der Waals surface area contributed by atoms with Gasteiger partial charge in [-0.2, -0.15) is 0 Å². The maximum atomic E-state index is 13.3. The molecule has 6 heteroatoms. The van der Waals surface area contributed by atoms with Gasteiger partial charge in [0.1, 0.15) is 5.82 Å². The topological polar surface area (TPSA) is 44.4 Å². The molecule has 0 bridgehead atoms. The van der Waals surface area contributed by atoms with Gasteiger partial charge in [0.05, 0.1) is 10.7 Å². The first-order valence-electron chi connectivity index (χ1n) is 6.69. The average Bonchev–Trinajstić information content (AvgIpc) is 2.44. The Hall–Kier alpha value is -1.33. The molecule has 0 saturated carbocycles. The molecule has 2 N–H and O–H groups in total. The van der Waals surface area contributed by atoms with Crippen LogP contribution in [-0.4, -0.2) is 37.1 Å². The molecule has 1 aromatic carbocycles. The maximum Gasteiger partial charge on any atom is 0.321 e. The number of piperidine rings is 1. The van der Waals surface area contributed by atoms with Crippen LogP contribution in [-0.2, 0) is 0 Å². The van der Waals surface area contributed by atoms with Crippen LogP contribution < -0.4 is 10.6 Å². The summed E-state index contributed by atoms with van der Waals surface area (Å²) in [5.41, 5.74) is 0.894. The minimum Gasteiger partial charge on any atom is -0.325 e. The summed E-state index contributed by atoms with van der Waals surface area (Å²) in [4.78, 5) is 13.9. The molecule has 0 unspecified atom stereocenters. The van der Waals surface area contributed by atoms with Crippen molar-refractivity contribution in [1.29, 1.82) is 0 Å². The molecule has 110 valence electrons. The zero-order valence-corrected chi connectivity index (χ0v) is 12.4. The second-order valence-corrected chi connectivity index (χ2v) is 5.51. The van der Waals surface area contributed by atoms with Crippen molar-refractivity contribution in [2.24, 2.45) is 0 Å². The van der Waals surface area contributed by atoms with Crippen molar-refractivity contribution < 1.29 is 9.18 Å². The van der Waals surface area contributed by atoms with Gasteiger partial charge in [0.15, 0.2) is 0 Å². The second-order valence-electron chi connectivity index (χ2n) is 5.10. The van der Waals surface area contributed by atoms with E-state index in [0.717, 1.165) is 25.9 Å². The Morgan fingerprint density at radius 2 is 2.10 bits per heavy atom. The number of carbonyl (C=O) groups excluding carboxylic acids is 1. The summed E-state index contributed by atoms with van der Waals surface area (Å²) in [5.74, 6) is -0.375. The highest BCUT2D eigenvalue weighted by Gasteiger charge is 2.22. The van der Waals surface area contributed by atoms with E-state index in [4.69, 9.17) is 11.6 Å². The van der Waals surface area contributed by atoms with E-state index in [1.54, 1.807) is 24.9 Å². The highest BCUT2D eigenvalue weighted by atomic mass is 35.5. The number of nitrogens with zero attached hydrogens (tertiary/aromatic N) is 1. The van der Waals surface area contributed by atoms with Gasteiger partial charge in [0, 0.05) is 13.1 Å².